The minimum atomic E-state index is -1.16. The van der Waals surface area contributed by atoms with Gasteiger partial charge in [-0.3, -0.25) is 19.4 Å². The molecule has 4 aromatic rings. The molecule has 1 aliphatic rings. The lowest BCUT2D eigenvalue weighted by Gasteiger charge is -2.24. The van der Waals surface area contributed by atoms with Crippen molar-refractivity contribution in [1.82, 2.24) is 14.9 Å². The lowest BCUT2D eigenvalue weighted by atomic mass is 9.91. The van der Waals surface area contributed by atoms with E-state index in [-0.39, 0.29) is 23.4 Å². The molecule has 2 amide bonds. The van der Waals surface area contributed by atoms with Crippen LogP contribution in [0.4, 0.5) is 11.4 Å². The summed E-state index contributed by atoms with van der Waals surface area (Å²) in [6, 6.07) is 19.0. The predicted octanol–water partition coefficient (Wildman–Crippen LogP) is 4.53. The number of hydrogen-bond acceptors (Lipinski definition) is 6. The highest BCUT2D eigenvalue weighted by Gasteiger charge is 2.41. The first-order valence-corrected chi connectivity index (χ1v) is 13.8. The highest BCUT2D eigenvalue weighted by Crippen LogP contribution is 2.36. The number of ether oxygens (including phenoxy) is 1. The molecule has 212 valence electrons. The standard InChI is InChI=1S/C32H35N5O4/c1-32(2)30(39)35-27-10-9-24(21-28(27)36(3)31(32)40)41-20-6-15-34-26(23-11-16-33-17-12-23)14-19-37-18-13-22-7-4-5-8-25(22)29(37)38/h4-5,7-13,16-18,21,26,34H,6,14-15,19-20H2,1-3H3,(H,35,39). The van der Waals surface area contributed by atoms with Crippen LogP contribution >= 0.6 is 0 Å². The largest absolute Gasteiger partial charge is 0.493 e. The molecule has 0 saturated heterocycles. The van der Waals surface area contributed by atoms with Crippen molar-refractivity contribution in [3.8, 4) is 5.75 Å². The number of fused-ring (bicyclic) bond motifs is 2. The Morgan fingerprint density at radius 3 is 2.61 bits per heavy atom. The number of hydrogen-bond donors (Lipinski definition) is 2. The highest BCUT2D eigenvalue weighted by atomic mass is 16.5. The van der Waals surface area contributed by atoms with Crippen molar-refractivity contribution >= 4 is 34.0 Å². The summed E-state index contributed by atoms with van der Waals surface area (Å²) in [5, 5.41) is 8.12. The van der Waals surface area contributed by atoms with E-state index in [2.05, 4.69) is 15.6 Å². The molecule has 0 radical (unpaired) electrons. The topological polar surface area (TPSA) is 106 Å². The smallest absolute Gasteiger partial charge is 0.258 e. The van der Waals surface area contributed by atoms with Gasteiger partial charge in [-0.05, 0) is 80.6 Å². The van der Waals surface area contributed by atoms with Crippen molar-refractivity contribution in [3.05, 3.63) is 95.2 Å². The van der Waals surface area contributed by atoms with Crippen molar-refractivity contribution in [3.63, 3.8) is 0 Å². The Kier molecular flexibility index (Phi) is 8.16. The van der Waals surface area contributed by atoms with Crippen LogP contribution in [-0.4, -0.2) is 41.6 Å². The Morgan fingerprint density at radius 2 is 1.80 bits per heavy atom. The minimum absolute atomic E-state index is 0.0150. The fourth-order valence-corrected chi connectivity index (χ4v) is 5.08. The summed E-state index contributed by atoms with van der Waals surface area (Å²) in [4.78, 5) is 44.0. The van der Waals surface area contributed by atoms with Gasteiger partial charge in [0.05, 0.1) is 18.0 Å². The third kappa shape index (κ3) is 6.00. The zero-order chi connectivity index (χ0) is 29.0. The van der Waals surface area contributed by atoms with Gasteiger partial charge in [0.15, 0.2) is 0 Å². The molecule has 0 bridgehead atoms. The summed E-state index contributed by atoms with van der Waals surface area (Å²) in [5.41, 5.74) is 1.15. The van der Waals surface area contributed by atoms with Crippen molar-refractivity contribution in [2.24, 2.45) is 5.41 Å². The first-order valence-electron chi connectivity index (χ1n) is 13.8. The van der Waals surface area contributed by atoms with Gasteiger partial charge >= 0.3 is 0 Å². The van der Waals surface area contributed by atoms with E-state index in [0.717, 1.165) is 29.2 Å². The summed E-state index contributed by atoms with van der Waals surface area (Å²) in [6.45, 7) is 4.99. The van der Waals surface area contributed by atoms with Gasteiger partial charge in [-0.25, -0.2) is 0 Å². The molecule has 9 nitrogen and oxygen atoms in total. The van der Waals surface area contributed by atoms with Crippen molar-refractivity contribution in [2.75, 3.05) is 30.4 Å². The molecule has 9 heteroatoms. The summed E-state index contributed by atoms with van der Waals surface area (Å²) >= 11 is 0. The molecule has 5 rings (SSSR count). The number of aryl methyl sites for hydroxylation is 1. The number of carbonyl (C=O) groups is 2. The van der Waals surface area contributed by atoms with Gasteiger partial charge in [0.1, 0.15) is 11.2 Å². The quantitative estimate of drug-likeness (QED) is 0.221. The maximum Gasteiger partial charge on any atom is 0.258 e. The molecular formula is C32H35N5O4. The van der Waals surface area contributed by atoms with E-state index in [0.29, 0.717) is 36.8 Å². The molecule has 0 aliphatic carbocycles. The Morgan fingerprint density at radius 1 is 1.02 bits per heavy atom. The molecule has 2 aromatic carbocycles. The molecular weight excluding hydrogens is 518 g/mol. The molecule has 0 fully saturated rings. The van der Waals surface area contributed by atoms with Crippen LogP contribution in [0.2, 0.25) is 0 Å². The lowest BCUT2D eigenvalue weighted by Crippen LogP contribution is -2.43. The average molecular weight is 554 g/mol. The van der Waals surface area contributed by atoms with Crippen LogP contribution < -0.4 is 25.8 Å². The maximum atomic E-state index is 13.0. The number of benzene rings is 2. The average Bonchev–Trinajstić information content (AvgIpc) is 3.05. The molecule has 2 N–H and O–H groups in total. The van der Waals surface area contributed by atoms with E-state index in [9.17, 15) is 14.4 Å². The van der Waals surface area contributed by atoms with E-state index in [4.69, 9.17) is 4.74 Å². The van der Waals surface area contributed by atoms with Crippen LogP contribution in [0.3, 0.4) is 0 Å². The number of pyridine rings is 2. The second-order valence-corrected chi connectivity index (χ2v) is 10.8. The third-order valence-electron chi connectivity index (χ3n) is 7.62. The van der Waals surface area contributed by atoms with E-state index in [1.807, 2.05) is 48.7 Å². The SMILES string of the molecule is CN1C(=O)C(C)(C)C(=O)Nc2ccc(OCCCNC(CCn3ccc4ccccc4c3=O)c3ccncc3)cc21. The second kappa shape index (κ2) is 11.9. The predicted molar refractivity (Wildman–Crippen MR) is 160 cm³/mol. The highest BCUT2D eigenvalue weighted by molar-refractivity contribution is 6.19. The normalized spacial score (nSPS) is 15.2. The fraction of sp³-hybridized carbons (Fsp3) is 0.312. The minimum Gasteiger partial charge on any atom is -0.493 e. The molecule has 1 atom stereocenters. The molecule has 41 heavy (non-hydrogen) atoms. The van der Waals surface area contributed by atoms with Gasteiger partial charge in [0, 0.05) is 49.7 Å². The van der Waals surface area contributed by atoms with Gasteiger partial charge < -0.3 is 24.8 Å². The zero-order valence-electron chi connectivity index (χ0n) is 23.6. The van der Waals surface area contributed by atoms with Gasteiger partial charge in [-0.15, -0.1) is 0 Å². The molecule has 0 saturated carbocycles. The van der Waals surface area contributed by atoms with E-state index < -0.39 is 5.41 Å². The number of carbonyl (C=O) groups excluding carboxylic acids is 2. The van der Waals surface area contributed by atoms with Gasteiger partial charge in [0.2, 0.25) is 11.8 Å². The number of nitrogens with zero attached hydrogens (tertiary/aromatic N) is 3. The van der Waals surface area contributed by atoms with Crippen LogP contribution in [0, 0.1) is 5.41 Å². The number of aromatic nitrogens is 2. The van der Waals surface area contributed by atoms with Crippen LogP contribution in [0.1, 0.15) is 38.3 Å². The molecule has 0 spiro atoms. The summed E-state index contributed by atoms with van der Waals surface area (Å²) < 4.78 is 7.77. The maximum absolute atomic E-state index is 13.0. The third-order valence-corrected chi connectivity index (χ3v) is 7.62. The summed E-state index contributed by atoms with van der Waals surface area (Å²) in [7, 11) is 1.67. The van der Waals surface area contributed by atoms with E-state index in [1.54, 1.807) is 56.1 Å². The second-order valence-electron chi connectivity index (χ2n) is 10.8. The Bertz CT molecular complexity index is 1620. The number of rotatable bonds is 10. The summed E-state index contributed by atoms with van der Waals surface area (Å²) in [6.07, 6.45) is 6.89. The lowest BCUT2D eigenvalue weighted by molar-refractivity contribution is -0.136. The van der Waals surface area contributed by atoms with Crippen LogP contribution in [-0.2, 0) is 16.1 Å². The van der Waals surface area contributed by atoms with Gasteiger partial charge in [0.25, 0.3) is 5.56 Å². The van der Waals surface area contributed by atoms with Crippen molar-refractivity contribution in [2.45, 2.75) is 39.3 Å². The number of anilines is 2. The van der Waals surface area contributed by atoms with Gasteiger partial charge in [-0.2, -0.15) is 0 Å². The Labute approximate surface area is 239 Å². The molecule has 2 aromatic heterocycles. The molecule has 3 heterocycles. The first kappa shape index (κ1) is 28.0. The monoisotopic (exact) mass is 553 g/mol. The fourth-order valence-electron chi connectivity index (χ4n) is 5.08. The van der Waals surface area contributed by atoms with E-state index >= 15 is 0 Å². The van der Waals surface area contributed by atoms with Crippen LogP contribution in [0.5, 0.6) is 5.75 Å². The molecule has 1 unspecified atom stereocenters. The number of nitrogens with one attached hydrogen (secondary N) is 2. The zero-order valence-corrected chi connectivity index (χ0v) is 23.6. The summed E-state index contributed by atoms with van der Waals surface area (Å²) in [5.74, 6) is 0.0176. The molecule has 1 aliphatic heterocycles. The van der Waals surface area contributed by atoms with Crippen LogP contribution in [0.15, 0.2) is 84.0 Å². The Hall–Kier alpha value is -4.50. The van der Waals surface area contributed by atoms with Crippen LogP contribution in [0.25, 0.3) is 10.8 Å². The van der Waals surface area contributed by atoms with E-state index in [1.165, 1.54) is 4.90 Å². The van der Waals surface area contributed by atoms with Gasteiger partial charge in [-0.1, -0.05) is 18.2 Å². The van der Waals surface area contributed by atoms with Crippen molar-refractivity contribution < 1.29 is 14.3 Å². The number of amides is 2. The van der Waals surface area contributed by atoms with Crippen molar-refractivity contribution in [1.29, 1.82) is 0 Å². The Balaban J connectivity index is 1.19. The first-order chi connectivity index (χ1) is 19.8.